The molecule has 1 aromatic rings. The van der Waals surface area contributed by atoms with E-state index in [-0.39, 0.29) is 6.42 Å². The molecule has 19 heavy (non-hydrogen) atoms. The minimum absolute atomic E-state index is 0.277. The first-order valence-corrected chi connectivity index (χ1v) is 6.38. The van der Waals surface area contributed by atoms with E-state index in [1.165, 1.54) is 12.8 Å². The summed E-state index contributed by atoms with van der Waals surface area (Å²) in [5, 5.41) is 8.82. The molecule has 0 radical (unpaired) electrons. The van der Waals surface area contributed by atoms with Crippen LogP contribution in [0.15, 0.2) is 18.2 Å². The molecule has 0 aromatic heterocycles. The van der Waals surface area contributed by atoms with Gasteiger partial charge in [0.25, 0.3) is 0 Å². The van der Waals surface area contributed by atoms with Crippen molar-refractivity contribution in [3.63, 3.8) is 0 Å². The molecule has 5 nitrogen and oxygen atoms in total. The van der Waals surface area contributed by atoms with Gasteiger partial charge in [-0.1, -0.05) is 6.07 Å². The standard InChI is InChI=1S/C14H19NO4/c1-18-12-5-4-10(6-11(15)14(16)17)7-13(12)19-8-9-2-3-9/h4-5,7,9,11H,2-3,6,8,15H2,1H3,(H,16,17). The molecule has 5 heteroatoms. The number of carboxylic acid groups (broad SMARTS) is 1. The fourth-order valence-corrected chi connectivity index (χ4v) is 1.79. The zero-order valence-electron chi connectivity index (χ0n) is 11.0. The molecule has 1 aliphatic rings. The van der Waals surface area contributed by atoms with Crippen molar-refractivity contribution in [3.8, 4) is 11.5 Å². The number of benzene rings is 1. The van der Waals surface area contributed by atoms with Crippen molar-refractivity contribution in [3.05, 3.63) is 23.8 Å². The van der Waals surface area contributed by atoms with Crippen molar-refractivity contribution in [2.75, 3.05) is 13.7 Å². The van der Waals surface area contributed by atoms with Crippen molar-refractivity contribution in [2.24, 2.45) is 11.7 Å². The molecule has 1 saturated carbocycles. The van der Waals surface area contributed by atoms with Crippen LogP contribution in [0.25, 0.3) is 0 Å². The third kappa shape index (κ3) is 3.86. The van der Waals surface area contributed by atoms with Gasteiger partial charge in [-0.2, -0.15) is 0 Å². The van der Waals surface area contributed by atoms with Gasteiger partial charge in [-0.3, -0.25) is 4.79 Å². The molecular formula is C14H19NO4. The van der Waals surface area contributed by atoms with Crippen LogP contribution in [0, 0.1) is 5.92 Å². The van der Waals surface area contributed by atoms with Crippen molar-refractivity contribution in [2.45, 2.75) is 25.3 Å². The Balaban J connectivity index is 2.07. The third-order valence-corrected chi connectivity index (χ3v) is 3.17. The highest BCUT2D eigenvalue weighted by atomic mass is 16.5. The Labute approximate surface area is 112 Å². The van der Waals surface area contributed by atoms with Crippen molar-refractivity contribution in [1.29, 1.82) is 0 Å². The molecule has 0 bridgehead atoms. The van der Waals surface area contributed by atoms with Crippen molar-refractivity contribution in [1.82, 2.24) is 0 Å². The smallest absolute Gasteiger partial charge is 0.320 e. The van der Waals surface area contributed by atoms with E-state index in [4.69, 9.17) is 20.3 Å². The van der Waals surface area contributed by atoms with Crippen LogP contribution >= 0.6 is 0 Å². The summed E-state index contributed by atoms with van der Waals surface area (Å²) in [4.78, 5) is 10.8. The summed E-state index contributed by atoms with van der Waals surface area (Å²) in [6, 6.07) is 4.51. The van der Waals surface area contributed by atoms with Crippen molar-refractivity contribution < 1.29 is 19.4 Å². The van der Waals surface area contributed by atoms with Gasteiger partial charge >= 0.3 is 5.97 Å². The lowest BCUT2D eigenvalue weighted by Crippen LogP contribution is -2.32. The van der Waals surface area contributed by atoms with Crippen LogP contribution in [-0.2, 0) is 11.2 Å². The van der Waals surface area contributed by atoms with E-state index >= 15 is 0 Å². The predicted octanol–water partition coefficient (Wildman–Crippen LogP) is 1.44. The fourth-order valence-electron chi connectivity index (χ4n) is 1.79. The highest BCUT2D eigenvalue weighted by molar-refractivity contribution is 5.73. The lowest BCUT2D eigenvalue weighted by molar-refractivity contribution is -0.138. The minimum Gasteiger partial charge on any atom is -0.493 e. The quantitative estimate of drug-likeness (QED) is 0.779. The lowest BCUT2D eigenvalue weighted by Gasteiger charge is -2.13. The van der Waals surface area contributed by atoms with Crippen LogP contribution in [0.3, 0.4) is 0 Å². The van der Waals surface area contributed by atoms with Crippen LogP contribution < -0.4 is 15.2 Å². The Morgan fingerprint density at radius 2 is 2.21 bits per heavy atom. The number of aliphatic carboxylic acids is 1. The number of hydrogen-bond acceptors (Lipinski definition) is 4. The molecule has 104 valence electrons. The summed E-state index contributed by atoms with van der Waals surface area (Å²) in [5.74, 6) is 0.962. The summed E-state index contributed by atoms with van der Waals surface area (Å²) < 4.78 is 11.0. The molecule has 0 aliphatic heterocycles. The summed E-state index contributed by atoms with van der Waals surface area (Å²) in [6.07, 6.45) is 2.71. The van der Waals surface area contributed by atoms with Gasteiger partial charge in [0, 0.05) is 0 Å². The van der Waals surface area contributed by atoms with Crippen molar-refractivity contribution >= 4 is 5.97 Å². The Morgan fingerprint density at radius 3 is 2.79 bits per heavy atom. The number of rotatable bonds is 7. The highest BCUT2D eigenvalue weighted by Gasteiger charge is 2.22. The number of ether oxygens (including phenoxy) is 2. The maximum Gasteiger partial charge on any atom is 0.320 e. The van der Waals surface area contributed by atoms with Crippen LogP contribution in [0.2, 0.25) is 0 Å². The van der Waals surface area contributed by atoms with Crippen LogP contribution in [0.1, 0.15) is 18.4 Å². The molecule has 1 fully saturated rings. The molecule has 0 amide bonds. The third-order valence-electron chi connectivity index (χ3n) is 3.17. The summed E-state index contributed by atoms with van der Waals surface area (Å²) in [5.41, 5.74) is 6.36. The molecule has 1 unspecified atom stereocenters. The molecule has 1 aromatic carbocycles. The molecule has 3 N–H and O–H groups in total. The molecule has 2 rings (SSSR count). The van der Waals surface area contributed by atoms with Gasteiger partial charge in [0.05, 0.1) is 13.7 Å². The van der Waals surface area contributed by atoms with Crippen LogP contribution in [0.5, 0.6) is 11.5 Å². The maximum absolute atomic E-state index is 10.8. The van der Waals surface area contributed by atoms with E-state index in [0.29, 0.717) is 24.0 Å². The summed E-state index contributed by atoms with van der Waals surface area (Å²) >= 11 is 0. The normalized spacial score (nSPS) is 15.9. The van der Waals surface area contributed by atoms with Crippen LogP contribution in [0.4, 0.5) is 0 Å². The number of carboxylic acids is 1. The monoisotopic (exact) mass is 265 g/mol. The first kappa shape index (κ1) is 13.7. The van der Waals surface area contributed by atoms with Gasteiger partial charge in [0.1, 0.15) is 6.04 Å². The molecule has 0 heterocycles. The Morgan fingerprint density at radius 1 is 1.47 bits per heavy atom. The fraction of sp³-hybridized carbons (Fsp3) is 0.500. The number of hydrogen-bond donors (Lipinski definition) is 2. The van der Waals surface area contributed by atoms with E-state index in [0.717, 1.165) is 5.56 Å². The van der Waals surface area contributed by atoms with E-state index < -0.39 is 12.0 Å². The molecule has 1 atom stereocenters. The average Bonchev–Trinajstić information content (AvgIpc) is 3.20. The molecule has 0 spiro atoms. The largest absolute Gasteiger partial charge is 0.493 e. The van der Waals surface area contributed by atoms with E-state index in [2.05, 4.69) is 0 Å². The second kappa shape index (κ2) is 5.93. The van der Waals surface area contributed by atoms with Gasteiger partial charge in [0.2, 0.25) is 0 Å². The first-order valence-electron chi connectivity index (χ1n) is 6.38. The van der Waals surface area contributed by atoms with E-state index in [9.17, 15) is 4.79 Å². The predicted molar refractivity (Wildman–Crippen MR) is 70.5 cm³/mol. The second-order valence-corrected chi connectivity index (χ2v) is 4.89. The van der Waals surface area contributed by atoms with Crippen LogP contribution in [-0.4, -0.2) is 30.8 Å². The topological polar surface area (TPSA) is 81.8 Å². The first-order chi connectivity index (χ1) is 9.10. The second-order valence-electron chi connectivity index (χ2n) is 4.89. The molecular weight excluding hydrogens is 246 g/mol. The highest BCUT2D eigenvalue weighted by Crippen LogP contribution is 2.33. The Kier molecular flexibility index (Phi) is 4.27. The van der Waals surface area contributed by atoms with Gasteiger partial charge in [-0.25, -0.2) is 0 Å². The van der Waals surface area contributed by atoms with E-state index in [1.807, 2.05) is 12.1 Å². The average molecular weight is 265 g/mol. The summed E-state index contributed by atoms with van der Waals surface area (Å²) in [6.45, 7) is 0.685. The number of carbonyl (C=O) groups is 1. The van der Waals surface area contributed by atoms with Gasteiger partial charge < -0.3 is 20.3 Å². The van der Waals surface area contributed by atoms with E-state index in [1.54, 1.807) is 13.2 Å². The van der Waals surface area contributed by atoms with Gasteiger partial charge in [0.15, 0.2) is 11.5 Å². The number of methoxy groups -OCH3 is 1. The Hall–Kier alpha value is -1.75. The zero-order chi connectivity index (χ0) is 13.8. The minimum atomic E-state index is -1.00. The maximum atomic E-state index is 10.8. The van der Waals surface area contributed by atoms with Gasteiger partial charge in [-0.05, 0) is 42.9 Å². The SMILES string of the molecule is COc1ccc(CC(N)C(=O)O)cc1OCC1CC1. The molecule has 1 aliphatic carbocycles. The Bertz CT molecular complexity index is 457. The lowest BCUT2D eigenvalue weighted by atomic mass is 10.1. The number of nitrogens with two attached hydrogens (primary N) is 1. The zero-order valence-corrected chi connectivity index (χ0v) is 11.0. The molecule has 0 saturated heterocycles. The summed E-state index contributed by atoms with van der Waals surface area (Å²) in [7, 11) is 1.59. The van der Waals surface area contributed by atoms with Gasteiger partial charge in [-0.15, -0.1) is 0 Å².